The molecule has 0 unspecified atom stereocenters. The molecule has 0 radical (unpaired) electrons. The lowest BCUT2D eigenvalue weighted by Gasteiger charge is -1.93. The Morgan fingerprint density at radius 1 is 1.35 bits per heavy atom. The van der Waals surface area contributed by atoms with Crippen LogP contribution in [0.2, 0.25) is 0 Å². The molecule has 3 heterocycles. The lowest BCUT2D eigenvalue weighted by Crippen LogP contribution is -2.05. The summed E-state index contributed by atoms with van der Waals surface area (Å²) < 4.78 is 0. The van der Waals surface area contributed by atoms with Crippen LogP contribution in [0.3, 0.4) is 0 Å². The number of carbonyl (C=O) groups is 1. The fraction of sp³-hybridized carbons (Fsp3) is 0. The molecule has 0 saturated heterocycles. The van der Waals surface area contributed by atoms with Crippen molar-refractivity contribution in [3.8, 4) is 0 Å². The van der Waals surface area contributed by atoms with E-state index < -0.39 is 5.97 Å². The third kappa shape index (κ3) is 1.29. The monoisotopic (exact) mass is 230 g/mol. The summed E-state index contributed by atoms with van der Waals surface area (Å²) in [5.74, 6) is -1.07. The summed E-state index contributed by atoms with van der Waals surface area (Å²) in [5, 5.41) is 9.17. The molecule has 0 aliphatic heterocycles. The third-order valence-electron chi connectivity index (χ3n) is 2.48. The van der Waals surface area contributed by atoms with Crippen LogP contribution in [0.1, 0.15) is 10.4 Å². The maximum Gasteiger partial charge on any atom is 0.337 e. The number of carboxylic acids is 1. The van der Waals surface area contributed by atoms with Crippen LogP contribution in [0.5, 0.6) is 0 Å². The number of pyridine rings is 1. The maximum absolute atomic E-state index is 11.6. The van der Waals surface area contributed by atoms with E-state index >= 15 is 0 Å². The van der Waals surface area contributed by atoms with Gasteiger partial charge >= 0.3 is 5.97 Å². The van der Waals surface area contributed by atoms with Gasteiger partial charge in [-0.25, -0.2) is 9.78 Å². The van der Waals surface area contributed by atoms with Crippen LogP contribution in [0.15, 0.2) is 23.4 Å². The first kappa shape index (κ1) is 9.52. The minimum Gasteiger partial charge on any atom is -0.478 e. The number of fused-ring (bicyclic) bond motifs is 3. The van der Waals surface area contributed by atoms with Gasteiger partial charge in [-0.15, -0.1) is 0 Å². The number of hydrogen-bond donors (Lipinski definition) is 3. The zero-order valence-corrected chi connectivity index (χ0v) is 8.39. The van der Waals surface area contributed by atoms with E-state index in [2.05, 4.69) is 19.9 Å². The van der Waals surface area contributed by atoms with Crippen molar-refractivity contribution in [1.82, 2.24) is 19.9 Å². The van der Waals surface area contributed by atoms with Crippen LogP contribution in [-0.4, -0.2) is 31.0 Å². The highest BCUT2D eigenvalue weighted by Gasteiger charge is 2.12. The summed E-state index contributed by atoms with van der Waals surface area (Å²) in [6, 6.07) is 1.42. The van der Waals surface area contributed by atoms with Crippen LogP contribution >= 0.6 is 0 Å². The van der Waals surface area contributed by atoms with E-state index in [0.29, 0.717) is 22.1 Å². The lowest BCUT2D eigenvalue weighted by molar-refractivity contribution is 0.0696. The molecule has 0 fully saturated rings. The standard InChI is InChI=1S/C10H6N4O3/c15-9-6-7-5(14-8(6)12-3-13-9)1-4(2-11-7)10(16)17/h1-3H,(H,16,17)(H2,12,13,14,15). The fourth-order valence-electron chi connectivity index (χ4n) is 1.72. The summed E-state index contributed by atoms with van der Waals surface area (Å²) in [4.78, 5) is 35.6. The molecule has 0 amide bonds. The summed E-state index contributed by atoms with van der Waals surface area (Å²) >= 11 is 0. The number of nitrogens with zero attached hydrogens (tertiary/aromatic N) is 2. The Labute approximate surface area is 93.1 Å². The van der Waals surface area contributed by atoms with E-state index in [1.165, 1.54) is 18.6 Å². The van der Waals surface area contributed by atoms with Crippen molar-refractivity contribution in [2.24, 2.45) is 0 Å². The van der Waals surface area contributed by atoms with Gasteiger partial charge in [0.25, 0.3) is 5.56 Å². The number of aromatic nitrogens is 4. The van der Waals surface area contributed by atoms with Crippen molar-refractivity contribution in [1.29, 1.82) is 0 Å². The van der Waals surface area contributed by atoms with Crippen LogP contribution in [-0.2, 0) is 0 Å². The molecular weight excluding hydrogens is 224 g/mol. The predicted molar refractivity (Wildman–Crippen MR) is 59.0 cm³/mol. The summed E-state index contributed by atoms with van der Waals surface area (Å²) in [5.41, 5.74) is 1.03. The molecule has 3 N–H and O–H groups in total. The van der Waals surface area contributed by atoms with Gasteiger partial charge in [0.1, 0.15) is 16.6 Å². The minimum atomic E-state index is -1.07. The molecule has 17 heavy (non-hydrogen) atoms. The molecule has 0 aliphatic rings. The fourth-order valence-corrected chi connectivity index (χ4v) is 1.72. The quantitative estimate of drug-likeness (QED) is 0.563. The van der Waals surface area contributed by atoms with Gasteiger partial charge in [-0.05, 0) is 6.07 Å². The van der Waals surface area contributed by atoms with Crippen molar-refractivity contribution in [3.05, 3.63) is 34.5 Å². The summed E-state index contributed by atoms with van der Waals surface area (Å²) in [7, 11) is 0. The van der Waals surface area contributed by atoms with E-state index in [1.54, 1.807) is 0 Å². The average molecular weight is 230 g/mol. The molecule has 3 aromatic heterocycles. The highest BCUT2D eigenvalue weighted by atomic mass is 16.4. The van der Waals surface area contributed by atoms with Crippen LogP contribution < -0.4 is 5.56 Å². The zero-order chi connectivity index (χ0) is 12.0. The lowest BCUT2D eigenvalue weighted by atomic mass is 10.2. The van der Waals surface area contributed by atoms with Crippen molar-refractivity contribution in [3.63, 3.8) is 0 Å². The number of carboxylic acid groups (broad SMARTS) is 1. The van der Waals surface area contributed by atoms with E-state index in [-0.39, 0.29) is 11.1 Å². The van der Waals surface area contributed by atoms with E-state index in [0.717, 1.165) is 0 Å². The number of hydrogen-bond acceptors (Lipinski definition) is 4. The molecule has 0 aliphatic carbocycles. The van der Waals surface area contributed by atoms with Gasteiger partial charge in [0, 0.05) is 6.20 Å². The molecule has 0 aromatic carbocycles. The topological polar surface area (TPSA) is 112 Å². The average Bonchev–Trinajstić information content (AvgIpc) is 2.67. The number of nitrogens with one attached hydrogen (secondary N) is 2. The Morgan fingerprint density at radius 2 is 2.18 bits per heavy atom. The molecule has 84 valence electrons. The Hall–Kier alpha value is -2.70. The molecule has 7 heteroatoms. The van der Waals surface area contributed by atoms with Gasteiger partial charge in [0.05, 0.1) is 17.4 Å². The Kier molecular flexibility index (Phi) is 1.76. The highest BCUT2D eigenvalue weighted by Crippen LogP contribution is 2.19. The zero-order valence-electron chi connectivity index (χ0n) is 8.39. The minimum absolute atomic E-state index is 0.0560. The second-order valence-corrected chi connectivity index (χ2v) is 3.51. The number of aromatic amines is 2. The molecular formula is C10H6N4O3. The smallest absolute Gasteiger partial charge is 0.337 e. The largest absolute Gasteiger partial charge is 0.478 e. The number of aromatic carboxylic acids is 1. The molecule has 0 bridgehead atoms. The Morgan fingerprint density at radius 3 is 2.94 bits per heavy atom. The second-order valence-electron chi connectivity index (χ2n) is 3.51. The molecule has 3 aromatic rings. The highest BCUT2D eigenvalue weighted by molar-refractivity contribution is 6.04. The number of H-pyrrole nitrogens is 2. The van der Waals surface area contributed by atoms with Crippen molar-refractivity contribution in [2.75, 3.05) is 0 Å². The third-order valence-corrected chi connectivity index (χ3v) is 2.48. The van der Waals surface area contributed by atoms with Gasteiger partial charge in [0.15, 0.2) is 0 Å². The van der Waals surface area contributed by atoms with Crippen molar-refractivity contribution in [2.45, 2.75) is 0 Å². The normalized spacial score (nSPS) is 11.1. The number of rotatable bonds is 1. The van der Waals surface area contributed by atoms with Gasteiger partial charge in [-0.1, -0.05) is 0 Å². The SMILES string of the molecule is O=C(O)c1cnc2c(c1)[nH]c1nc[nH]c(=O)c12. The van der Waals surface area contributed by atoms with Crippen molar-refractivity contribution >= 4 is 28.0 Å². The van der Waals surface area contributed by atoms with Crippen LogP contribution in [0, 0.1) is 0 Å². The Balaban J connectivity index is 2.48. The van der Waals surface area contributed by atoms with E-state index in [9.17, 15) is 9.59 Å². The maximum atomic E-state index is 11.6. The first-order chi connectivity index (χ1) is 8.16. The van der Waals surface area contributed by atoms with Gasteiger partial charge in [-0.3, -0.25) is 9.78 Å². The van der Waals surface area contributed by atoms with Gasteiger partial charge in [-0.2, -0.15) is 0 Å². The molecule has 0 saturated carbocycles. The van der Waals surface area contributed by atoms with Gasteiger partial charge in [0.2, 0.25) is 0 Å². The van der Waals surface area contributed by atoms with E-state index in [4.69, 9.17) is 5.11 Å². The predicted octanol–water partition coefficient (Wildman–Crippen LogP) is 0.498. The molecule has 7 nitrogen and oxygen atoms in total. The second kappa shape index (κ2) is 3.14. The van der Waals surface area contributed by atoms with Crippen LogP contribution in [0.25, 0.3) is 22.1 Å². The summed E-state index contributed by atoms with van der Waals surface area (Å²) in [6.45, 7) is 0. The van der Waals surface area contributed by atoms with Crippen LogP contribution in [0.4, 0.5) is 0 Å². The first-order valence-corrected chi connectivity index (χ1v) is 4.75. The van der Waals surface area contributed by atoms with E-state index in [1.807, 2.05) is 0 Å². The molecule has 3 rings (SSSR count). The summed E-state index contributed by atoms with van der Waals surface area (Å²) in [6.07, 6.45) is 2.49. The van der Waals surface area contributed by atoms with Gasteiger partial charge < -0.3 is 15.1 Å². The first-order valence-electron chi connectivity index (χ1n) is 4.75. The molecule has 0 spiro atoms. The molecule has 0 atom stereocenters. The Bertz CT molecular complexity index is 802. The van der Waals surface area contributed by atoms with Crippen molar-refractivity contribution < 1.29 is 9.90 Å².